The molecule has 2 aromatic carbocycles. The minimum atomic E-state index is 0.886. The maximum atomic E-state index is 5.30. The molecule has 4 rings (SSSR count). The number of fused-ring (bicyclic) bond motifs is 1. The topological polar surface area (TPSA) is 34.5 Å². The Kier molecular flexibility index (Phi) is 4.30. The molecule has 0 saturated carbocycles. The third-order valence-electron chi connectivity index (χ3n) is 4.53. The van der Waals surface area contributed by atoms with Gasteiger partial charge in [-0.15, -0.1) is 0 Å². The van der Waals surface area contributed by atoms with Gasteiger partial charge in [0, 0.05) is 24.5 Å². The molecule has 0 aliphatic carbocycles. The van der Waals surface area contributed by atoms with Gasteiger partial charge in [-0.25, -0.2) is 0 Å². The SMILES string of the molecule is COc1ccc2cc(/C=C3\CCCN=C3c3cccnc3)ccc2c1. The lowest BCUT2D eigenvalue weighted by atomic mass is 9.94. The predicted molar refractivity (Wildman–Crippen MR) is 103 cm³/mol. The molecule has 1 aliphatic rings. The van der Waals surface area contributed by atoms with Crippen molar-refractivity contribution in [1.82, 2.24) is 4.98 Å². The Morgan fingerprint density at radius 3 is 2.76 bits per heavy atom. The van der Waals surface area contributed by atoms with Gasteiger partial charge < -0.3 is 4.74 Å². The Morgan fingerprint density at radius 1 is 1.04 bits per heavy atom. The Morgan fingerprint density at radius 2 is 1.92 bits per heavy atom. The van der Waals surface area contributed by atoms with Gasteiger partial charge in [-0.3, -0.25) is 9.98 Å². The van der Waals surface area contributed by atoms with Crippen molar-refractivity contribution in [2.45, 2.75) is 12.8 Å². The Hall–Kier alpha value is -2.94. The molecule has 0 unspecified atom stereocenters. The molecule has 2 heterocycles. The van der Waals surface area contributed by atoms with Crippen molar-refractivity contribution in [3.63, 3.8) is 0 Å². The third-order valence-corrected chi connectivity index (χ3v) is 4.53. The van der Waals surface area contributed by atoms with E-state index < -0.39 is 0 Å². The molecule has 0 fully saturated rings. The van der Waals surface area contributed by atoms with Crippen LogP contribution >= 0.6 is 0 Å². The summed E-state index contributed by atoms with van der Waals surface area (Å²) in [6, 6.07) is 16.7. The van der Waals surface area contributed by atoms with Crippen LogP contribution < -0.4 is 4.74 Å². The first-order valence-electron chi connectivity index (χ1n) is 8.57. The summed E-state index contributed by atoms with van der Waals surface area (Å²) in [5, 5.41) is 2.40. The number of hydrogen-bond acceptors (Lipinski definition) is 3. The van der Waals surface area contributed by atoms with E-state index in [1.807, 2.05) is 18.3 Å². The highest BCUT2D eigenvalue weighted by Gasteiger charge is 2.14. The van der Waals surface area contributed by atoms with Gasteiger partial charge in [0.25, 0.3) is 0 Å². The zero-order chi connectivity index (χ0) is 17.1. The standard InChI is InChI=1S/C22H20N2O/c1-25-21-9-8-17-12-16(6-7-18(17)14-21)13-19-4-3-11-24-22(19)20-5-2-10-23-15-20/h2,5-10,12-15H,3-4,11H2,1H3/b19-13+. The van der Waals surface area contributed by atoms with Crippen LogP contribution in [0.2, 0.25) is 0 Å². The van der Waals surface area contributed by atoms with Crippen molar-refractivity contribution in [3.05, 3.63) is 77.6 Å². The molecular weight excluding hydrogens is 308 g/mol. The molecule has 3 nitrogen and oxygen atoms in total. The maximum absolute atomic E-state index is 5.30. The molecule has 0 amide bonds. The molecule has 1 aliphatic heterocycles. The highest BCUT2D eigenvalue weighted by atomic mass is 16.5. The van der Waals surface area contributed by atoms with Crippen LogP contribution in [0.3, 0.4) is 0 Å². The van der Waals surface area contributed by atoms with E-state index in [4.69, 9.17) is 9.73 Å². The van der Waals surface area contributed by atoms with Gasteiger partial charge in [0.15, 0.2) is 0 Å². The second-order valence-electron chi connectivity index (χ2n) is 6.22. The second kappa shape index (κ2) is 6.89. The maximum Gasteiger partial charge on any atom is 0.119 e. The number of allylic oxidation sites excluding steroid dienone is 1. The van der Waals surface area contributed by atoms with Gasteiger partial charge >= 0.3 is 0 Å². The van der Waals surface area contributed by atoms with Crippen LogP contribution in [0, 0.1) is 0 Å². The molecule has 3 aromatic rings. The van der Waals surface area contributed by atoms with Crippen molar-refractivity contribution in [1.29, 1.82) is 0 Å². The molecule has 0 saturated heterocycles. The van der Waals surface area contributed by atoms with Crippen LogP contribution in [0.5, 0.6) is 5.75 Å². The largest absolute Gasteiger partial charge is 0.497 e. The Balaban J connectivity index is 1.72. The van der Waals surface area contributed by atoms with E-state index in [2.05, 4.69) is 47.5 Å². The quantitative estimate of drug-likeness (QED) is 0.684. The van der Waals surface area contributed by atoms with Crippen LogP contribution in [0.4, 0.5) is 0 Å². The fourth-order valence-corrected chi connectivity index (χ4v) is 3.26. The van der Waals surface area contributed by atoms with Crippen molar-refractivity contribution in [3.8, 4) is 5.75 Å². The number of methoxy groups -OCH3 is 1. The summed E-state index contributed by atoms with van der Waals surface area (Å²) in [6.45, 7) is 0.888. The number of aromatic nitrogens is 1. The van der Waals surface area contributed by atoms with E-state index >= 15 is 0 Å². The van der Waals surface area contributed by atoms with Crippen LogP contribution in [0.1, 0.15) is 24.0 Å². The number of aliphatic imine (C=N–C) groups is 1. The summed E-state index contributed by atoms with van der Waals surface area (Å²) in [5.74, 6) is 0.886. The second-order valence-corrected chi connectivity index (χ2v) is 6.22. The smallest absolute Gasteiger partial charge is 0.119 e. The normalized spacial score (nSPS) is 16.0. The molecule has 0 spiro atoms. The average molecular weight is 328 g/mol. The first kappa shape index (κ1) is 15.6. The predicted octanol–water partition coefficient (Wildman–Crippen LogP) is 4.91. The summed E-state index contributed by atoms with van der Waals surface area (Å²) in [4.78, 5) is 8.99. The number of pyridine rings is 1. The molecule has 124 valence electrons. The number of rotatable bonds is 3. The van der Waals surface area contributed by atoms with Crippen LogP contribution in [0.15, 0.2) is 71.5 Å². The number of nitrogens with zero attached hydrogens (tertiary/aromatic N) is 2. The van der Waals surface area contributed by atoms with Crippen molar-refractivity contribution >= 4 is 22.6 Å². The van der Waals surface area contributed by atoms with Gasteiger partial charge in [-0.1, -0.05) is 18.2 Å². The molecule has 0 bridgehead atoms. The van der Waals surface area contributed by atoms with E-state index in [1.165, 1.54) is 21.9 Å². The lowest BCUT2D eigenvalue weighted by Crippen LogP contribution is -2.11. The van der Waals surface area contributed by atoms with E-state index in [1.54, 1.807) is 13.3 Å². The molecule has 25 heavy (non-hydrogen) atoms. The number of benzene rings is 2. The fourth-order valence-electron chi connectivity index (χ4n) is 3.26. The van der Waals surface area contributed by atoms with Gasteiger partial charge in [0.2, 0.25) is 0 Å². The van der Waals surface area contributed by atoms with Gasteiger partial charge in [-0.05, 0) is 71.2 Å². The fraction of sp³-hybridized carbons (Fsp3) is 0.182. The molecule has 0 radical (unpaired) electrons. The summed E-state index contributed by atoms with van der Waals surface area (Å²) < 4.78 is 5.30. The highest BCUT2D eigenvalue weighted by Crippen LogP contribution is 2.25. The number of hydrogen-bond donors (Lipinski definition) is 0. The van der Waals surface area contributed by atoms with Crippen molar-refractivity contribution < 1.29 is 4.74 Å². The summed E-state index contributed by atoms with van der Waals surface area (Å²) in [5.41, 5.74) is 4.66. The van der Waals surface area contributed by atoms with Gasteiger partial charge in [-0.2, -0.15) is 0 Å². The molecule has 1 aromatic heterocycles. The van der Waals surface area contributed by atoms with Gasteiger partial charge in [0.05, 0.1) is 12.8 Å². The third kappa shape index (κ3) is 3.31. The highest BCUT2D eigenvalue weighted by molar-refractivity contribution is 6.15. The molecule has 0 N–H and O–H groups in total. The molecular formula is C22H20N2O. The van der Waals surface area contributed by atoms with E-state index in [9.17, 15) is 0 Å². The summed E-state index contributed by atoms with van der Waals surface area (Å²) >= 11 is 0. The first-order chi connectivity index (χ1) is 12.3. The summed E-state index contributed by atoms with van der Waals surface area (Å²) in [6.07, 6.45) is 8.10. The lowest BCUT2D eigenvalue weighted by molar-refractivity contribution is 0.415. The first-order valence-corrected chi connectivity index (χ1v) is 8.57. The minimum absolute atomic E-state index is 0.886. The van der Waals surface area contributed by atoms with Crippen molar-refractivity contribution in [2.24, 2.45) is 4.99 Å². The van der Waals surface area contributed by atoms with E-state index in [0.717, 1.165) is 36.4 Å². The van der Waals surface area contributed by atoms with Gasteiger partial charge in [0.1, 0.15) is 5.75 Å². The monoisotopic (exact) mass is 328 g/mol. The summed E-state index contributed by atoms with van der Waals surface area (Å²) in [7, 11) is 1.70. The minimum Gasteiger partial charge on any atom is -0.497 e. The molecule has 0 atom stereocenters. The lowest BCUT2D eigenvalue weighted by Gasteiger charge is -2.16. The van der Waals surface area contributed by atoms with E-state index in [0.29, 0.717) is 0 Å². The average Bonchev–Trinajstić information content (AvgIpc) is 2.68. The number of ether oxygens (including phenoxy) is 1. The zero-order valence-electron chi connectivity index (χ0n) is 14.3. The molecule has 3 heteroatoms. The van der Waals surface area contributed by atoms with Crippen LogP contribution in [-0.2, 0) is 0 Å². The van der Waals surface area contributed by atoms with Crippen LogP contribution in [0.25, 0.3) is 16.8 Å². The van der Waals surface area contributed by atoms with E-state index in [-0.39, 0.29) is 0 Å². The van der Waals surface area contributed by atoms with Crippen LogP contribution in [-0.4, -0.2) is 24.4 Å². The Labute approximate surface area is 147 Å². The Bertz CT molecular complexity index is 958. The van der Waals surface area contributed by atoms with Crippen molar-refractivity contribution in [2.75, 3.05) is 13.7 Å². The zero-order valence-corrected chi connectivity index (χ0v) is 14.3.